The molecule has 0 aliphatic rings. The summed E-state index contributed by atoms with van der Waals surface area (Å²) in [7, 11) is 1.60. The Bertz CT molecular complexity index is 546. The highest BCUT2D eigenvalue weighted by Crippen LogP contribution is 2.18. The second-order valence-electron chi connectivity index (χ2n) is 4.99. The minimum atomic E-state index is -4.55. The van der Waals surface area contributed by atoms with Crippen LogP contribution in [-0.4, -0.2) is 43.2 Å². The van der Waals surface area contributed by atoms with E-state index in [4.69, 9.17) is 0 Å². The summed E-state index contributed by atoms with van der Waals surface area (Å²) in [6.07, 6.45) is -4.55. The third kappa shape index (κ3) is 7.09. The molecule has 1 aromatic rings. The molecule has 128 valence electrons. The number of nitrogens with zero attached hydrogens (tertiary/aromatic N) is 1. The van der Waals surface area contributed by atoms with Gasteiger partial charge in [0.1, 0.15) is 12.4 Å². The topological polar surface area (TPSA) is 61.4 Å². The van der Waals surface area contributed by atoms with Crippen molar-refractivity contribution in [2.45, 2.75) is 19.1 Å². The van der Waals surface area contributed by atoms with E-state index < -0.39 is 24.7 Å². The van der Waals surface area contributed by atoms with Crippen molar-refractivity contribution in [3.63, 3.8) is 0 Å². The number of hydrogen-bond acceptors (Lipinski definition) is 3. The van der Waals surface area contributed by atoms with E-state index in [-0.39, 0.29) is 18.4 Å². The van der Waals surface area contributed by atoms with Gasteiger partial charge in [-0.15, -0.1) is 0 Å². The molecule has 23 heavy (non-hydrogen) atoms. The Hall–Kier alpha value is -2.16. The lowest BCUT2D eigenvalue weighted by Crippen LogP contribution is -2.46. The fourth-order valence-electron chi connectivity index (χ4n) is 1.75. The van der Waals surface area contributed by atoms with Crippen LogP contribution >= 0.6 is 0 Å². The third-order valence-electron chi connectivity index (χ3n) is 3.11. The van der Waals surface area contributed by atoms with Gasteiger partial charge in [-0.25, -0.2) is 9.18 Å². The molecule has 3 amide bonds. The smallest absolute Gasteiger partial charge is 0.329 e. The number of carbonyl (C=O) groups excluding carboxylic acids is 2. The number of rotatable bonds is 5. The first-order valence-electron chi connectivity index (χ1n) is 6.68. The summed E-state index contributed by atoms with van der Waals surface area (Å²) in [5, 5.41) is 3.35. The van der Waals surface area contributed by atoms with Crippen LogP contribution in [0.5, 0.6) is 0 Å². The first kappa shape index (κ1) is 18.9. The lowest BCUT2D eigenvalue weighted by atomic mass is 10.1. The van der Waals surface area contributed by atoms with Crippen LogP contribution in [0.1, 0.15) is 18.5 Å². The van der Waals surface area contributed by atoms with Gasteiger partial charge in [0, 0.05) is 6.04 Å². The van der Waals surface area contributed by atoms with Gasteiger partial charge >= 0.3 is 12.2 Å². The first-order valence-corrected chi connectivity index (χ1v) is 6.68. The molecule has 1 atom stereocenters. The maximum Gasteiger partial charge on any atom is 0.405 e. The quantitative estimate of drug-likeness (QED) is 0.811. The van der Waals surface area contributed by atoms with Crippen molar-refractivity contribution < 1.29 is 27.2 Å². The lowest BCUT2D eigenvalue weighted by Gasteiger charge is -2.24. The van der Waals surface area contributed by atoms with Gasteiger partial charge in [-0.1, -0.05) is 12.1 Å². The molecule has 0 aromatic heterocycles. The van der Waals surface area contributed by atoms with E-state index in [1.54, 1.807) is 31.0 Å². The van der Waals surface area contributed by atoms with Crippen LogP contribution in [-0.2, 0) is 4.79 Å². The van der Waals surface area contributed by atoms with Gasteiger partial charge in [-0.05, 0) is 31.7 Å². The monoisotopic (exact) mass is 335 g/mol. The summed E-state index contributed by atoms with van der Waals surface area (Å²) < 4.78 is 48.6. The predicted octanol–water partition coefficient (Wildman–Crippen LogP) is 2.21. The molecule has 0 radical (unpaired) electrons. The highest BCUT2D eigenvalue weighted by atomic mass is 19.4. The van der Waals surface area contributed by atoms with E-state index in [0.29, 0.717) is 0 Å². The van der Waals surface area contributed by atoms with Gasteiger partial charge in [0.25, 0.3) is 0 Å². The largest absolute Gasteiger partial charge is 0.405 e. The fourth-order valence-corrected chi connectivity index (χ4v) is 1.75. The number of likely N-dealkylation sites (N-methyl/N-ethyl adjacent to an activating group) is 1. The molecule has 0 spiro atoms. The highest BCUT2D eigenvalue weighted by Gasteiger charge is 2.28. The van der Waals surface area contributed by atoms with Crippen molar-refractivity contribution in [2.24, 2.45) is 0 Å². The molecule has 5 nitrogen and oxygen atoms in total. The van der Waals surface area contributed by atoms with Gasteiger partial charge < -0.3 is 5.32 Å². The molecule has 0 aliphatic carbocycles. The van der Waals surface area contributed by atoms with Crippen molar-refractivity contribution in [1.82, 2.24) is 15.5 Å². The zero-order chi connectivity index (χ0) is 17.6. The van der Waals surface area contributed by atoms with Crippen LogP contribution in [0.4, 0.5) is 22.4 Å². The number of carbonyl (C=O) groups is 2. The van der Waals surface area contributed by atoms with Crippen LogP contribution in [0.2, 0.25) is 0 Å². The maximum absolute atomic E-state index is 12.9. The third-order valence-corrected chi connectivity index (χ3v) is 3.11. The van der Waals surface area contributed by atoms with Crippen LogP contribution in [0.3, 0.4) is 0 Å². The lowest BCUT2D eigenvalue weighted by molar-refractivity contribution is -0.125. The number of imide groups is 1. The number of benzene rings is 1. The zero-order valence-electron chi connectivity index (χ0n) is 12.6. The minimum absolute atomic E-state index is 0.210. The molecule has 0 bridgehead atoms. The molecular weight excluding hydrogens is 318 g/mol. The van der Waals surface area contributed by atoms with Gasteiger partial charge in [0.2, 0.25) is 5.91 Å². The number of amides is 3. The fraction of sp³-hybridized carbons (Fsp3) is 0.429. The van der Waals surface area contributed by atoms with E-state index in [9.17, 15) is 27.2 Å². The number of alkyl halides is 3. The Morgan fingerprint density at radius 2 is 1.78 bits per heavy atom. The SMILES string of the molecule is CC(c1ccc(F)cc1)N(C)CC(=O)NC(=O)NCC(F)(F)F. The number of nitrogens with one attached hydrogen (secondary N) is 2. The minimum Gasteiger partial charge on any atom is -0.329 e. The average Bonchev–Trinajstić information content (AvgIpc) is 2.44. The summed E-state index contributed by atoms with van der Waals surface area (Å²) in [4.78, 5) is 24.3. The molecule has 0 heterocycles. The summed E-state index contributed by atoms with van der Waals surface area (Å²) in [6.45, 7) is 0.0379. The number of halogens is 4. The molecular formula is C14H17F4N3O2. The maximum atomic E-state index is 12.9. The van der Waals surface area contributed by atoms with Crippen molar-refractivity contribution in [1.29, 1.82) is 0 Å². The summed E-state index contributed by atoms with van der Waals surface area (Å²) in [5.41, 5.74) is 0.753. The second kappa shape index (κ2) is 7.91. The average molecular weight is 335 g/mol. The van der Waals surface area contributed by atoms with Crippen LogP contribution < -0.4 is 10.6 Å². The normalized spacial score (nSPS) is 12.8. The van der Waals surface area contributed by atoms with Gasteiger partial charge in [-0.2, -0.15) is 13.2 Å². The van der Waals surface area contributed by atoms with Gasteiger partial charge in [0.05, 0.1) is 6.54 Å². The summed E-state index contributed by atoms with van der Waals surface area (Å²) in [5.74, 6) is -1.14. The van der Waals surface area contributed by atoms with Gasteiger partial charge in [-0.3, -0.25) is 15.0 Å². The van der Waals surface area contributed by atoms with Crippen molar-refractivity contribution in [3.05, 3.63) is 35.6 Å². The zero-order valence-corrected chi connectivity index (χ0v) is 12.6. The van der Waals surface area contributed by atoms with E-state index in [1.807, 2.05) is 5.32 Å². The molecule has 0 fully saturated rings. The van der Waals surface area contributed by atoms with Gasteiger partial charge in [0.15, 0.2) is 0 Å². The Morgan fingerprint density at radius 3 is 2.30 bits per heavy atom. The second-order valence-corrected chi connectivity index (χ2v) is 4.99. The van der Waals surface area contributed by atoms with E-state index in [2.05, 4.69) is 0 Å². The predicted molar refractivity (Wildman–Crippen MR) is 75.0 cm³/mol. The van der Waals surface area contributed by atoms with Crippen molar-refractivity contribution >= 4 is 11.9 Å². The molecule has 0 aliphatic heterocycles. The van der Waals surface area contributed by atoms with Crippen LogP contribution in [0, 0.1) is 5.82 Å². The number of urea groups is 1. The van der Waals surface area contributed by atoms with E-state index in [0.717, 1.165) is 5.56 Å². The van der Waals surface area contributed by atoms with Crippen molar-refractivity contribution in [2.75, 3.05) is 20.1 Å². The highest BCUT2D eigenvalue weighted by molar-refractivity contribution is 5.95. The Balaban J connectivity index is 2.46. The standard InChI is InChI=1S/C14H17F4N3O2/c1-9(10-3-5-11(15)6-4-10)21(2)7-12(22)20-13(23)19-8-14(16,17)18/h3-6,9H,7-8H2,1-2H3,(H2,19,20,22,23). The Kier molecular flexibility index (Phi) is 6.49. The molecule has 0 saturated heterocycles. The van der Waals surface area contributed by atoms with E-state index in [1.165, 1.54) is 17.4 Å². The molecule has 0 saturated carbocycles. The summed E-state index contributed by atoms with van der Waals surface area (Å²) in [6, 6.07) is 4.22. The first-order chi connectivity index (χ1) is 10.6. The number of hydrogen-bond donors (Lipinski definition) is 2. The van der Waals surface area contributed by atoms with Crippen molar-refractivity contribution in [3.8, 4) is 0 Å². The molecule has 9 heteroatoms. The molecule has 1 unspecified atom stereocenters. The molecule has 1 aromatic carbocycles. The van der Waals surface area contributed by atoms with Crippen LogP contribution in [0.15, 0.2) is 24.3 Å². The van der Waals surface area contributed by atoms with E-state index >= 15 is 0 Å². The molecule has 1 rings (SSSR count). The molecule has 2 N–H and O–H groups in total. The Labute approximate surface area is 130 Å². The Morgan fingerprint density at radius 1 is 1.22 bits per heavy atom. The van der Waals surface area contributed by atoms with Crippen LogP contribution in [0.25, 0.3) is 0 Å². The summed E-state index contributed by atoms with van der Waals surface area (Å²) >= 11 is 0.